The second kappa shape index (κ2) is 6.39. The average Bonchev–Trinajstić information content (AvgIpc) is 3.22. The van der Waals surface area contributed by atoms with Crippen molar-refractivity contribution in [3.8, 4) is 0 Å². The molecule has 3 rings (SSSR count). The lowest BCUT2D eigenvalue weighted by Gasteiger charge is -2.15. The molecule has 2 heterocycles. The first-order valence-corrected chi connectivity index (χ1v) is 8.95. The van der Waals surface area contributed by atoms with Crippen LogP contribution in [-0.2, 0) is 14.8 Å². The smallest absolute Gasteiger partial charge is 0.354 e. The molecule has 128 valence electrons. The zero-order valence-corrected chi connectivity index (χ0v) is 14.0. The third-order valence-electron chi connectivity index (χ3n) is 4.26. The zero-order valence-electron chi connectivity index (χ0n) is 13.2. The fourth-order valence-electron chi connectivity index (χ4n) is 2.94. The summed E-state index contributed by atoms with van der Waals surface area (Å²) < 4.78 is 31.5. The third-order valence-corrected chi connectivity index (χ3v) is 6.07. The highest BCUT2D eigenvalue weighted by molar-refractivity contribution is 7.89. The van der Waals surface area contributed by atoms with Gasteiger partial charge < -0.3 is 15.5 Å². The van der Waals surface area contributed by atoms with Crippen LogP contribution < -0.4 is 5.73 Å². The zero-order chi connectivity index (χ0) is 17.3. The first kappa shape index (κ1) is 16.7. The van der Waals surface area contributed by atoms with Crippen molar-refractivity contribution in [2.24, 2.45) is 5.73 Å². The van der Waals surface area contributed by atoms with Gasteiger partial charge in [-0.2, -0.15) is 4.31 Å². The van der Waals surface area contributed by atoms with E-state index in [0.717, 1.165) is 5.56 Å². The summed E-state index contributed by atoms with van der Waals surface area (Å²) in [6.07, 6.45) is 1.29. The lowest BCUT2D eigenvalue weighted by molar-refractivity contribution is 0.0594. The number of aromatic amines is 1. The van der Waals surface area contributed by atoms with Crippen molar-refractivity contribution in [2.45, 2.75) is 16.9 Å². The number of carbonyl (C=O) groups excluding carboxylic acids is 1. The number of nitrogens with zero attached hydrogens (tertiary/aromatic N) is 1. The molecule has 0 aliphatic carbocycles. The second-order valence-electron chi connectivity index (χ2n) is 5.74. The molecule has 2 aromatic rings. The first-order chi connectivity index (χ1) is 11.4. The van der Waals surface area contributed by atoms with Crippen LogP contribution in [0.15, 0.2) is 47.5 Å². The van der Waals surface area contributed by atoms with Crippen molar-refractivity contribution in [3.05, 3.63) is 53.9 Å². The van der Waals surface area contributed by atoms with Crippen LogP contribution in [0.1, 0.15) is 22.0 Å². The highest BCUT2D eigenvalue weighted by atomic mass is 32.2. The van der Waals surface area contributed by atoms with Crippen LogP contribution in [0.3, 0.4) is 0 Å². The van der Waals surface area contributed by atoms with Gasteiger partial charge in [0.2, 0.25) is 10.0 Å². The van der Waals surface area contributed by atoms with E-state index >= 15 is 0 Å². The molecule has 0 bridgehead atoms. The van der Waals surface area contributed by atoms with Crippen LogP contribution in [-0.4, -0.2) is 49.9 Å². The van der Waals surface area contributed by atoms with Gasteiger partial charge >= 0.3 is 5.97 Å². The monoisotopic (exact) mass is 349 g/mol. The van der Waals surface area contributed by atoms with Crippen LogP contribution >= 0.6 is 0 Å². The summed E-state index contributed by atoms with van der Waals surface area (Å²) in [6, 6.07) is 10.6. The molecule has 8 heteroatoms. The fourth-order valence-corrected chi connectivity index (χ4v) is 4.44. The van der Waals surface area contributed by atoms with Gasteiger partial charge in [0, 0.05) is 31.2 Å². The van der Waals surface area contributed by atoms with Gasteiger partial charge in [-0.25, -0.2) is 13.2 Å². The highest BCUT2D eigenvalue weighted by Crippen LogP contribution is 2.30. The molecule has 1 aromatic carbocycles. The van der Waals surface area contributed by atoms with Gasteiger partial charge in [-0.1, -0.05) is 30.3 Å². The van der Waals surface area contributed by atoms with E-state index in [1.807, 2.05) is 30.3 Å². The molecule has 2 atom stereocenters. The van der Waals surface area contributed by atoms with Gasteiger partial charge in [-0.05, 0) is 11.6 Å². The molecule has 1 aliphatic rings. The summed E-state index contributed by atoms with van der Waals surface area (Å²) in [5.41, 5.74) is 7.28. The SMILES string of the molecule is COC(=O)c1cc(S(=O)(=O)N2C[C@@H](N)[C@H](c3ccccc3)C2)c[nH]1. The Morgan fingerprint density at radius 1 is 1.29 bits per heavy atom. The predicted molar refractivity (Wildman–Crippen MR) is 88.0 cm³/mol. The molecule has 24 heavy (non-hydrogen) atoms. The van der Waals surface area contributed by atoms with Crippen LogP contribution in [0, 0.1) is 0 Å². The number of carbonyl (C=O) groups is 1. The molecular weight excluding hydrogens is 330 g/mol. The van der Waals surface area contributed by atoms with Gasteiger partial charge in [0.1, 0.15) is 10.6 Å². The minimum Gasteiger partial charge on any atom is -0.464 e. The Hall–Kier alpha value is -2.16. The normalized spacial score (nSPS) is 21.8. The quantitative estimate of drug-likeness (QED) is 0.799. The average molecular weight is 349 g/mol. The lowest BCUT2D eigenvalue weighted by atomic mass is 9.95. The van der Waals surface area contributed by atoms with Gasteiger partial charge in [-0.3, -0.25) is 0 Å². The summed E-state index contributed by atoms with van der Waals surface area (Å²) in [5, 5.41) is 0. The van der Waals surface area contributed by atoms with Crippen molar-refractivity contribution < 1.29 is 17.9 Å². The van der Waals surface area contributed by atoms with Crippen molar-refractivity contribution in [2.75, 3.05) is 20.2 Å². The molecule has 1 aromatic heterocycles. The topological polar surface area (TPSA) is 105 Å². The number of esters is 1. The van der Waals surface area contributed by atoms with E-state index in [2.05, 4.69) is 9.72 Å². The van der Waals surface area contributed by atoms with Crippen molar-refractivity contribution in [3.63, 3.8) is 0 Å². The number of sulfonamides is 1. The number of hydrogen-bond donors (Lipinski definition) is 2. The second-order valence-corrected chi connectivity index (χ2v) is 7.68. The number of nitrogens with two attached hydrogens (primary N) is 1. The number of hydrogen-bond acceptors (Lipinski definition) is 5. The number of benzene rings is 1. The van der Waals surface area contributed by atoms with E-state index in [4.69, 9.17) is 5.73 Å². The van der Waals surface area contributed by atoms with E-state index in [0.29, 0.717) is 6.54 Å². The Morgan fingerprint density at radius 3 is 2.67 bits per heavy atom. The van der Waals surface area contributed by atoms with Crippen LogP contribution in [0.4, 0.5) is 0 Å². The Labute approximate surface area is 140 Å². The maximum absolute atomic E-state index is 12.8. The maximum Gasteiger partial charge on any atom is 0.354 e. The Balaban J connectivity index is 1.83. The summed E-state index contributed by atoms with van der Waals surface area (Å²) in [7, 11) is -2.48. The number of aromatic nitrogens is 1. The number of nitrogens with one attached hydrogen (secondary N) is 1. The van der Waals surface area contributed by atoms with E-state index in [-0.39, 0.29) is 29.1 Å². The van der Waals surface area contributed by atoms with E-state index in [1.54, 1.807) is 0 Å². The predicted octanol–water partition coefficient (Wildman–Crippen LogP) is 0.917. The lowest BCUT2D eigenvalue weighted by Crippen LogP contribution is -2.32. The molecule has 0 spiro atoms. The maximum atomic E-state index is 12.8. The summed E-state index contributed by atoms with van der Waals surface area (Å²) in [4.78, 5) is 14.1. The Morgan fingerprint density at radius 2 is 2.00 bits per heavy atom. The summed E-state index contributed by atoms with van der Waals surface area (Å²) in [6.45, 7) is 0.548. The molecule has 7 nitrogen and oxygen atoms in total. The van der Waals surface area contributed by atoms with Crippen LogP contribution in [0.2, 0.25) is 0 Å². The van der Waals surface area contributed by atoms with Gasteiger partial charge in [-0.15, -0.1) is 0 Å². The van der Waals surface area contributed by atoms with E-state index in [9.17, 15) is 13.2 Å². The number of ether oxygens (including phenoxy) is 1. The minimum atomic E-state index is -3.72. The standard InChI is InChI=1S/C16H19N3O4S/c1-23-16(20)15-7-12(8-18-15)24(21,22)19-9-13(14(17)10-19)11-5-3-2-4-6-11/h2-8,13-14,18H,9-10,17H2,1H3/t13-,14+/m0/s1. The molecule has 1 saturated heterocycles. The summed E-state index contributed by atoms with van der Waals surface area (Å²) >= 11 is 0. The van der Waals surface area contributed by atoms with Crippen molar-refractivity contribution in [1.29, 1.82) is 0 Å². The van der Waals surface area contributed by atoms with Crippen LogP contribution in [0.25, 0.3) is 0 Å². The first-order valence-electron chi connectivity index (χ1n) is 7.51. The molecule has 0 saturated carbocycles. The molecule has 3 N–H and O–H groups in total. The molecular formula is C16H19N3O4S. The fraction of sp³-hybridized carbons (Fsp3) is 0.312. The van der Waals surface area contributed by atoms with Crippen molar-refractivity contribution >= 4 is 16.0 Å². The number of rotatable bonds is 4. The van der Waals surface area contributed by atoms with Crippen LogP contribution in [0.5, 0.6) is 0 Å². The largest absolute Gasteiger partial charge is 0.464 e. The van der Waals surface area contributed by atoms with Crippen molar-refractivity contribution in [1.82, 2.24) is 9.29 Å². The van der Waals surface area contributed by atoms with E-state index in [1.165, 1.54) is 23.7 Å². The Bertz CT molecular complexity index is 832. The number of methoxy groups -OCH3 is 1. The molecule has 0 radical (unpaired) electrons. The van der Waals surface area contributed by atoms with Gasteiger partial charge in [0.05, 0.1) is 7.11 Å². The van der Waals surface area contributed by atoms with E-state index < -0.39 is 16.0 Å². The molecule has 1 fully saturated rings. The Kier molecular flexibility index (Phi) is 4.44. The number of H-pyrrole nitrogens is 1. The van der Waals surface area contributed by atoms with Gasteiger partial charge in [0.25, 0.3) is 0 Å². The minimum absolute atomic E-state index is 0.0313. The summed E-state index contributed by atoms with van der Waals surface area (Å²) in [5.74, 6) is -0.670. The molecule has 0 amide bonds. The van der Waals surface area contributed by atoms with Gasteiger partial charge in [0.15, 0.2) is 0 Å². The molecule has 0 unspecified atom stereocenters. The molecule has 1 aliphatic heterocycles. The third kappa shape index (κ3) is 2.95. The highest BCUT2D eigenvalue weighted by Gasteiger charge is 2.38.